The third kappa shape index (κ3) is 2.26. The van der Waals surface area contributed by atoms with Gasteiger partial charge in [-0.3, -0.25) is 9.59 Å². The number of aliphatic hydroxyl groups excluding tert-OH is 1. The summed E-state index contributed by atoms with van der Waals surface area (Å²) in [5, 5.41) is 20.9. The zero-order valence-electron chi connectivity index (χ0n) is 19.0. The van der Waals surface area contributed by atoms with Crippen LogP contribution in [0.3, 0.4) is 0 Å². The zero-order chi connectivity index (χ0) is 22.3. The largest absolute Gasteiger partial charge is 0.393 e. The van der Waals surface area contributed by atoms with E-state index in [0.29, 0.717) is 31.1 Å². The fourth-order valence-corrected chi connectivity index (χ4v) is 6.12. The summed E-state index contributed by atoms with van der Waals surface area (Å²) in [6, 6.07) is 0. The summed E-state index contributed by atoms with van der Waals surface area (Å²) in [6.07, 6.45) is -2.38. The molecule has 0 aliphatic heterocycles. The topological polar surface area (TPSA) is 91.7 Å². The van der Waals surface area contributed by atoms with E-state index in [1.165, 1.54) is 6.08 Å². The maximum Gasteiger partial charge on any atom is 0.162 e. The van der Waals surface area contributed by atoms with Gasteiger partial charge in [0.25, 0.3) is 0 Å². The Balaban J connectivity index is 1.97. The third-order valence-electron chi connectivity index (χ3n) is 7.38. The molecule has 0 aromatic heterocycles. The fourth-order valence-electron chi connectivity index (χ4n) is 6.12. The summed E-state index contributed by atoms with van der Waals surface area (Å²) in [6.45, 7) is 0.877. The molecule has 0 unspecified atom stereocenters. The van der Waals surface area contributed by atoms with Gasteiger partial charge in [-0.05, 0) is 67.7 Å². The minimum atomic E-state index is -3.00. The average molecular weight is 364 g/mol. The van der Waals surface area contributed by atoms with E-state index in [2.05, 4.69) is 0 Å². The van der Waals surface area contributed by atoms with Gasteiger partial charge in [-0.15, -0.1) is 0 Å². The van der Waals surface area contributed by atoms with Gasteiger partial charge in [-0.1, -0.05) is 12.5 Å². The van der Waals surface area contributed by atoms with E-state index in [9.17, 15) is 26.0 Å². The van der Waals surface area contributed by atoms with Gasteiger partial charge in [-0.2, -0.15) is 0 Å². The summed E-state index contributed by atoms with van der Waals surface area (Å²) in [4.78, 5) is 37.0. The van der Waals surface area contributed by atoms with Crippen LogP contribution < -0.4 is 0 Å². The molecule has 4 aliphatic carbocycles. The highest BCUT2D eigenvalue weighted by Crippen LogP contribution is 2.66. The van der Waals surface area contributed by atoms with E-state index < -0.39 is 59.3 Å². The minimum absolute atomic E-state index is 0.0754. The number of hydrogen-bond acceptors (Lipinski definition) is 5. The van der Waals surface area contributed by atoms with E-state index >= 15 is 0 Å². The molecular weight excluding hydrogens is 332 g/mol. The number of rotatable bonds is 3. The standard InChI is InChI=1S/C21H28O5/c1-20-7-6-13(24)8-12(20)2-3-14-15-4-5-16(18(26)10-22)21(15,11-23)9-17(25)19(14)20/h8,11,14-17,19,22,25H,2-7,9-10H2,1H3/t14-,15-,16+,17-,19+,20-,21+/m0/s1/i9D2,17D,19D. The maximum atomic E-state index is 12.5. The molecule has 0 saturated heterocycles. The molecule has 3 saturated carbocycles. The van der Waals surface area contributed by atoms with Crippen molar-refractivity contribution in [1.82, 2.24) is 0 Å². The summed E-state index contributed by atoms with van der Waals surface area (Å²) in [5.74, 6) is -5.28. The van der Waals surface area contributed by atoms with E-state index in [1.54, 1.807) is 6.92 Å². The lowest BCUT2D eigenvalue weighted by Crippen LogP contribution is -2.58. The average Bonchev–Trinajstić information content (AvgIpc) is 3.09. The first kappa shape index (κ1) is 13.8. The van der Waals surface area contributed by atoms with Gasteiger partial charge in [0.15, 0.2) is 11.6 Å². The summed E-state index contributed by atoms with van der Waals surface area (Å²) in [5.41, 5.74) is -2.41. The SMILES string of the molecule is [2H]C1([2H])[C@]2(C=O)[C@@H](C(=O)CO)CC[C@H]2[C@@H]2CCC3=CC(=O)CC[C@]3(C)[C@@]2([2H])[C@@]1([2H])O. The van der Waals surface area contributed by atoms with Crippen molar-refractivity contribution in [2.45, 2.75) is 57.9 Å². The van der Waals surface area contributed by atoms with Crippen LogP contribution in [0, 0.1) is 34.5 Å². The van der Waals surface area contributed by atoms with Crippen molar-refractivity contribution in [2.24, 2.45) is 34.5 Å². The van der Waals surface area contributed by atoms with E-state index in [-0.39, 0.29) is 25.0 Å². The molecule has 0 amide bonds. The van der Waals surface area contributed by atoms with Crippen LogP contribution in [-0.2, 0) is 14.4 Å². The van der Waals surface area contributed by atoms with Gasteiger partial charge in [0.2, 0.25) is 0 Å². The molecule has 0 heterocycles. The molecule has 0 radical (unpaired) electrons. The van der Waals surface area contributed by atoms with Crippen molar-refractivity contribution < 1.29 is 30.1 Å². The van der Waals surface area contributed by atoms with E-state index in [4.69, 9.17) is 4.11 Å². The lowest BCUT2D eigenvalue weighted by molar-refractivity contribution is -0.157. The van der Waals surface area contributed by atoms with Gasteiger partial charge in [-0.25, -0.2) is 0 Å². The van der Waals surface area contributed by atoms with Crippen molar-refractivity contribution in [2.75, 3.05) is 6.61 Å². The predicted octanol–water partition coefficient (Wildman–Crippen LogP) is 1.85. The van der Waals surface area contributed by atoms with Crippen LogP contribution in [0.25, 0.3) is 0 Å². The summed E-state index contributed by atoms with van der Waals surface area (Å²) < 4.78 is 36.0. The Morgan fingerprint density at radius 1 is 1.42 bits per heavy atom. The zero-order valence-corrected chi connectivity index (χ0v) is 15.0. The normalized spacial score (nSPS) is 57.3. The molecule has 142 valence electrons. The van der Waals surface area contributed by atoms with Gasteiger partial charge in [0.05, 0.1) is 7.45 Å². The van der Waals surface area contributed by atoms with Crippen molar-refractivity contribution in [3.8, 4) is 0 Å². The van der Waals surface area contributed by atoms with Crippen LogP contribution in [0.4, 0.5) is 0 Å². The van der Waals surface area contributed by atoms with Crippen LogP contribution in [0.2, 0.25) is 0 Å². The van der Waals surface area contributed by atoms with Crippen LogP contribution in [0.5, 0.6) is 0 Å². The lowest BCUT2D eigenvalue weighted by Gasteiger charge is -2.59. The molecule has 5 nitrogen and oxygen atoms in total. The van der Waals surface area contributed by atoms with E-state index in [0.717, 1.165) is 0 Å². The highest BCUT2D eigenvalue weighted by atomic mass is 16.3. The first-order valence-corrected chi connectivity index (χ1v) is 9.43. The summed E-state index contributed by atoms with van der Waals surface area (Å²) >= 11 is 0. The van der Waals surface area contributed by atoms with Crippen LogP contribution in [0.15, 0.2) is 11.6 Å². The van der Waals surface area contributed by atoms with Gasteiger partial charge < -0.3 is 15.0 Å². The molecule has 5 heteroatoms. The van der Waals surface area contributed by atoms with Crippen molar-refractivity contribution in [3.63, 3.8) is 0 Å². The summed E-state index contributed by atoms with van der Waals surface area (Å²) in [7, 11) is 0. The molecule has 26 heavy (non-hydrogen) atoms. The first-order chi connectivity index (χ1) is 13.9. The van der Waals surface area contributed by atoms with Crippen molar-refractivity contribution in [1.29, 1.82) is 0 Å². The molecule has 0 spiro atoms. The second-order valence-corrected chi connectivity index (χ2v) is 8.41. The van der Waals surface area contributed by atoms with Gasteiger partial charge in [0.1, 0.15) is 12.9 Å². The lowest BCUT2D eigenvalue weighted by atomic mass is 9.45. The molecule has 4 rings (SSSR count). The smallest absolute Gasteiger partial charge is 0.162 e. The van der Waals surface area contributed by atoms with Crippen LogP contribution in [0.1, 0.15) is 57.3 Å². The number of allylic oxidation sites excluding steroid dienone is 1. The first-order valence-electron chi connectivity index (χ1n) is 11.4. The van der Waals surface area contributed by atoms with Crippen molar-refractivity contribution in [3.05, 3.63) is 11.6 Å². The second kappa shape index (κ2) is 6.10. The monoisotopic (exact) mass is 364 g/mol. The van der Waals surface area contributed by atoms with Crippen LogP contribution >= 0.6 is 0 Å². The fraction of sp³-hybridized carbons (Fsp3) is 0.762. The molecule has 0 aromatic rings. The molecular formula is C21H28O5. The Morgan fingerprint density at radius 3 is 2.88 bits per heavy atom. The second-order valence-electron chi connectivity index (χ2n) is 8.41. The molecule has 7 atom stereocenters. The number of aliphatic hydroxyl groups is 2. The Labute approximate surface area is 159 Å². The third-order valence-corrected chi connectivity index (χ3v) is 7.38. The highest BCUT2D eigenvalue weighted by molar-refractivity contribution is 5.91. The minimum Gasteiger partial charge on any atom is -0.393 e. The Hall–Kier alpha value is -1.33. The molecule has 0 bridgehead atoms. The van der Waals surface area contributed by atoms with Crippen molar-refractivity contribution >= 4 is 17.9 Å². The molecule has 4 aliphatic rings. The number of hydrogen-bond donors (Lipinski definition) is 2. The Kier molecular flexibility index (Phi) is 3.23. The Morgan fingerprint density at radius 2 is 2.19 bits per heavy atom. The molecule has 2 N–H and O–H groups in total. The number of Topliss-reactive ketones (excluding diaryl/α,β-unsaturated/α-hetero) is 1. The van der Waals surface area contributed by atoms with Crippen LogP contribution in [-0.4, -0.2) is 40.8 Å². The number of ketones is 2. The van der Waals surface area contributed by atoms with Gasteiger partial charge >= 0.3 is 0 Å². The number of carbonyl (C=O) groups is 3. The predicted molar refractivity (Wildman–Crippen MR) is 94.1 cm³/mol. The van der Waals surface area contributed by atoms with E-state index in [1.807, 2.05) is 0 Å². The molecule has 0 aromatic carbocycles. The number of fused-ring (bicyclic) bond motifs is 5. The highest BCUT2D eigenvalue weighted by Gasteiger charge is 2.64. The van der Waals surface area contributed by atoms with Gasteiger partial charge in [0, 0.05) is 21.9 Å². The number of aldehydes is 1. The Bertz CT molecular complexity index is 854. The number of carbonyl (C=O) groups excluding carboxylic acids is 3. The quantitative estimate of drug-likeness (QED) is 0.746. The maximum absolute atomic E-state index is 12.5. The molecule has 3 fully saturated rings.